The molecule has 0 radical (unpaired) electrons. The Morgan fingerprint density at radius 2 is 1.87 bits per heavy atom. The summed E-state index contributed by atoms with van der Waals surface area (Å²) < 4.78 is 49.3. The Morgan fingerprint density at radius 3 is 2.33 bits per heavy atom. The molecule has 82 valence electrons. The van der Waals surface area contributed by atoms with Crippen LogP contribution in [0.1, 0.15) is 40.2 Å². The van der Waals surface area contributed by atoms with Gasteiger partial charge in [-0.25, -0.2) is 0 Å². The highest BCUT2D eigenvalue weighted by Crippen LogP contribution is 2.36. The van der Waals surface area contributed by atoms with Crippen LogP contribution in [0.3, 0.4) is 0 Å². The molecule has 2 heterocycles. The predicted molar refractivity (Wildman–Crippen MR) is 61.2 cm³/mol. The van der Waals surface area contributed by atoms with Crippen molar-refractivity contribution in [2.24, 2.45) is 0 Å². The number of aromatic amines is 1. The van der Waals surface area contributed by atoms with E-state index in [-0.39, 0.29) is 23.4 Å². The van der Waals surface area contributed by atoms with E-state index < -0.39 is 25.2 Å². The first kappa shape index (κ1) is 6.11. The Balaban J connectivity index is 2.42. The van der Waals surface area contributed by atoms with E-state index in [0.717, 1.165) is 0 Å². The van der Waals surface area contributed by atoms with Crippen LogP contribution in [0.2, 0.25) is 0 Å². The minimum atomic E-state index is -2.46. The molecule has 0 saturated carbocycles. The highest BCUT2D eigenvalue weighted by Gasteiger charge is 2.52. The minimum absolute atomic E-state index is 0.180. The summed E-state index contributed by atoms with van der Waals surface area (Å²) in [5, 5.41) is 0. The number of hydrogen-bond acceptors (Lipinski definition) is 2. The van der Waals surface area contributed by atoms with Gasteiger partial charge >= 0.3 is 7.12 Å². The molecule has 3 nitrogen and oxygen atoms in total. The molecule has 1 N–H and O–H groups in total. The maximum atomic E-state index is 7.89. The largest absolute Gasteiger partial charge is 0.512 e. The highest BCUT2D eigenvalue weighted by molar-refractivity contribution is 6.61. The summed E-state index contributed by atoms with van der Waals surface area (Å²) in [5.41, 5.74) is -1.25. The maximum absolute atomic E-state index is 7.89. The van der Waals surface area contributed by atoms with Crippen molar-refractivity contribution in [1.29, 1.82) is 0 Å². The molecule has 0 aromatic carbocycles. The lowest BCUT2D eigenvalue weighted by molar-refractivity contribution is 0.00578. The first-order valence-electron chi connectivity index (χ1n) is 7.42. The van der Waals surface area contributed by atoms with E-state index in [1.165, 1.54) is 0 Å². The number of aromatic nitrogens is 1. The molecular formula is C11H18BNO2. The van der Waals surface area contributed by atoms with E-state index in [9.17, 15) is 0 Å². The van der Waals surface area contributed by atoms with Crippen LogP contribution in [0, 0.1) is 6.85 Å². The van der Waals surface area contributed by atoms with Crippen molar-refractivity contribution in [3.8, 4) is 0 Å². The lowest BCUT2D eigenvalue weighted by atomic mass is 9.85. The quantitative estimate of drug-likeness (QED) is 0.718. The summed E-state index contributed by atoms with van der Waals surface area (Å²) in [6.07, 6.45) is 0. The van der Waals surface area contributed by atoms with Crippen molar-refractivity contribution in [3.63, 3.8) is 0 Å². The van der Waals surface area contributed by atoms with Crippen molar-refractivity contribution in [2.75, 3.05) is 0 Å². The van der Waals surface area contributed by atoms with Gasteiger partial charge in [0.25, 0.3) is 0 Å². The monoisotopic (exact) mass is 212 g/mol. The smallest absolute Gasteiger partial charge is 0.398 e. The van der Waals surface area contributed by atoms with E-state index in [1.807, 2.05) is 27.7 Å². The molecule has 0 spiro atoms. The Hall–Kier alpha value is -0.735. The maximum Gasteiger partial charge on any atom is 0.512 e. The minimum Gasteiger partial charge on any atom is -0.398 e. The van der Waals surface area contributed by atoms with Crippen LogP contribution in [0.4, 0.5) is 0 Å². The first-order chi connectivity index (χ1) is 8.87. The number of hydrogen-bond donors (Lipinski definition) is 1. The molecular weight excluding hydrogens is 189 g/mol. The number of rotatable bonds is 1. The molecule has 4 heteroatoms. The summed E-state index contributed by atoms with van der Waals surface area (Å²) in [6.45, 7) is 5.00. The zero-order valence-corrected chi connectivity index (χ0v) is 9.39. The molecule has 0 unspecified atom stereocenters. The second kappa shape index (κ2) is 3.13. The zero-order chi connectivity index (χ0) is 15.5. The van der Waals surface area contributed by atoms with Gasteiger partial charge in [-0.15, -0.1) is 0 Å². The predicted octanol–water partition coefficient (Wildman–Crippen LogP) is 1.62. The van der Waals surface area contributed by atoms with Gasteiger partial charge in [-0.1, -0.05) is 0 Å². The molecule has 1 aromatic heterocycles. The Labute approximate surface area is 98.3 Å². The van der Waals surface area contributed by atoms with Gasteiger partial charge < -0.3 is 14.3 Å². The van der Waals surface area contributed by atoms with Gasteiger partial charge in [-0.2, -0.15) is 0 Å². The van der Waals surface area contributed by atoms with E-state index in [0.29, 0.717) is 0 Å². The van der Waals surface area contributed by atoms with E-state index in [1.54, 1.807) is 0 Å². The van der Waals surface area contributed by atoms with Gasteiger partial charge in [-0.05, 0) is 46.6 Å². The normalized spacial score (nSPS) is 29.1. The molecule has 0 atom stereocenters. The average molecular weight is 212 g/mol. The topological polar surface area (TPSA) is 34.2 Å². The van der Waals surface area contributed by atoms with Crippen molar-refractivity contribution in [2.45, 2.75) is 45.7 Å². The lowest BCUT2D eigenvalue weighted by Gasteiger charge is -2.32. The third kappa shape index (κ3) is 1.72. The van der Waals surface area contributed by atoms with Gasteiger partial charge in [0, 0.05) is 15.4 Å². The molecule has 1 aliphatic heterocycles. The van der Waals surface area contributed by atoms with Gasteiger partial charge in [0.1, 0.15) is 0 Å². The third-order valence-electron chi connectivity index (χ3n) is 3.07. The van der Waals surface area contributed by atoms with E-state index in [4.69, 9.17) is 16.2 Å². The second-order valence-electron chi connectivity index (χ2n) is 4.75. The summed E-state index contributed by atoms with van der Waals surface area (Å²) in [4.78, 5) is 2.62. The molecule has 0 bridgehead atoms. The number of H-pyrrole nitrogens is 1. The van der Waals surface area contributed by atoms with Crippen LogP contribution in [0.25, 0.3) is 0 Å². The molecule has 1 fully saturated rings. The van der Waals surface area contributed by atoms with Crippen LogP contribution in [-0.2, 0) is 9.31 Å². The molecule has 15 heavy (non-hydrogen) atoms. The van der Waals surface area contributed by atoms with Gasteiger partial charge in [0.2, 0.25) is 0 Å². The van der Waals surface area contributed by atoms with Crippen LogP contribution >= 0.6 is 0 Å². The third-order valence-corrected chi connectivity index (χ3v) is 3.07. The van der Waals surface area contributed by atoms with Gasteiger partial charge in [0.05, 0.1) is 13.9 Å². The molecule has 0 aliphatic carbocycles. The number of nitrogens with one attached hydrogen (secondary N) is 1. The Morgan fingerprint density at radius 1 is 1.27 bits per heavy atom. The van der Waals surface area contributed by atoms with E-state index in [2.05, 4.69) is 4.98 Å². The van der Waals surface area contributed by atoms with Crippen molar-refractivity contribution >= 4 is 12.7 Å². The fourth-order valence-electron chi connectivity index (χ4n) is 1.41. The van der Waals surface area contributed by atoms with Crippen molar-refractivity contribution in [3.05, 3.63) is 17.8 Å². The highest BCUT2D eigenvalue weighted by atomic mass is 16.7. The fourth-order valence-corrected chi connectivity index (χ4v) is 1.41. The van der Waals surface area contributed by atoms with Gasteiger partial charge in [0.15, 0.2) is 0 Å². The summed E-state index contributed by atoms with van der Waals surface area (Å²) in [7, 11) is -0.868. The molecule has 0 amide bonds. The Kier molecular flexibility index (Phi) is 1.27. The summed E-state index contributed by atoms with van der Waals surface area (Å²) >= 11 is 0. The SMILES string of the molecule is [2H]c1c(B2OC(C)(C)C(C)(C)O2)[nH]c(C([2H])([2H])[2H])c1[2H]. The number of aryl methyl sites for hydroxylation is 1. The fraction of sp³-hybridized carbons (Fsp3) is 0.636. The summed E-state index contributed by atoms with van der Waals surface area (Å²) in [6, 6.07) is -0.538. The second-order valence-corrected chi connectivity index (χ2v) is 4.75. The Bertz CT molecular complexity index is 522. The molecule has 2 rings (SSSR count). The van der Waals surface area contributed by atoms with Crippen molar-refractivity contribution in [1.82, 2.24) is 4.98 Å². The standard InChI is InChI=1S/C11H18BNO2/c1-8-6-7-9(13-8)12-14-10(2,3)11(4,5)15-12/h6-7,13H,1-5H3/i1D3,6D,7D. The van der Waals surface area contributed by atoms with Crippen LogP contribution < -0.4 is 5.59 Å². The van der Waals surface area contributed by atoms with Crippen LogP contribution in [0.5, 0.6) is 0 Å². The lowest BCUT2D eigenvalue weighted by Crippen LogP contribution is -2.41. The van der Waals surface area contributed by atoms with Crippen LogP contribution in [0.15, 0.2) is 12.1 Å². The van der Waals surface area contributed by atoms with E-state index >= 15 is 0 Å². The first-order valence-corrected chi connectivity index (χ1v) is 4.92. The van der Waals surface area contributed by atoms with Crippen LogP contribution in [-0.4, -0.2) is 23.3 Å². The molecule has 1 aromatic rings. The molecule has 1 aliphatic rings. The van der Waals surface area contributed by atoms with Gasteiger partial charge in [-0.3, -0.25) is 0 Å². The summed E-state index contributed by atoms with van der Waals surface area (Å²) in [5.74, 6) is 0. The van der Waals surface area contributed by atoms with Crippen molar-refractivity contribution < 1.29 is 16.2 Å². The zero-order valence-electron chi connectivity index (χ0n) is 14.4. The molecule has 1 saturated heterocycles. The average Bonchev–Trinajstić information content (AvgIpc) is 2.63.